The average molecular weight is 166 g/mol. The molecular weight excluding hydrogens is 152 g/mol. The van der Waals surface area contributed by atoms with E-state index in [1.165, 1.54) is 0 Å². The maximum atomic E-state index is 3.98. The summed E-state index contributed by atoms with van der Waals surface area (Å²) in [6, 6.07) is 0.218. The van der Waals surface area contributed by atoms with Crippen molar-refractivity contribution in [2.75, 3.05) is 6.54 Å². The van der Waals surface area contributed by atoms with Gasteiger partial charge in [-0.2, -0.15) is 0 Å². The number of rotatable bonds is 4. The van der Waals surface area contributed by atoms with Crippen LogP contribution >= 0.6 is 0 Å². The second-order valence-electron chi connectivity index (χ2n) is 2.72. The molecule has 1 aromatic heterocycles. The van der Waals surface area contributed by atoms with E-state index in [0.717, 1.165) is 12.4 Å². The minimum absolute atomic E-state index is 0.218. The molecule has 1 unspecified atom stereocenters. The monoisotopic (exact) mass is 166 g/mol. The summed E-state index contributed by atoms with van der Waals surface area (Å²) in [7, 11) is 1.93. The van der Waals surface area contributed by atoms with E-state index in [2.05, 4.69) is 22.1 Å². The Bertz CT molecular complexity index is 253. The van der Waals surface area contributed by atoms with Crippen LogP contribution in [0, 0.1) is 0 Å². The van der Waals surface area contributed by atoms with Crippen LogP contribution in [-0.2, 0) is 7.05 Å². The van der Waals surface area contributed by atoms with E-state index in [-0.39, 0.29) is 6.04 Å². The van der Waals surface area contributed by atoms with Gasteiger partial charge in [-0.25, -0.2) is 0 Å². The van der Waals surface area contributed by atoms with E-state index >= 15 is 0 Å². The van der Waals surface area contributed by atoms with E-state index in [1.807, 2.05) is 24.6 Å². The van der Waals surface area contributed by atoms with Crippen molar-refractivity contribution >= 4 is 0 Å². The maximum absolute atomic E-state index is 3.98. The van der Waals surface area contributed by atoms with Crippen molar-refractivity contribution in [1.29, 1.82) is 0 Å². The molecule has 0 bridgehead atoms. The molecule has 66 valence electrons. The van der Waals surface area contributed by atoms with Crippen LogP contribution in [0.3, 0.4) is 0 Å². The molecule has 1 rings (SSSR count). The molecular formula is C8H14N4. The Morgan fingerprint density at radius 2 is 2.58 bits per heavy atom. The summed E-state index contributed by atoms with van der Waals surface area (Å²) in [6.45, 7) is 6.47. The van der Waals surface area contributed by atoms with Gasteiger partial charge < -0.3 is 9.88 Å². The summed E-state index contributed by atoms with van der Waals surface area (Å²) < 4.78 is 1.90. The van der Waals surface area contributed by atoms with Gasteiger partial charge in [-0.05, 0) is 6.92 Å². The third kappa shape index (κ3) is 1.92. The summed E-state index contributed by atoms with van der Waals surface area (Å²) in [5.41, 5.74) is 0. The Labute approximate surface area is 72.3 Å². The topological polar surface area (TPSA) is 42.7 Å². The fourth-order valence-electron chi connectivity index (χ4n) is 1.04. The summed E-state index contributed by atoms with van der Waals surface area (Å²) in [5.74, 6) is 0.942. The molecule has 12 heavy (non-hydrogen) atoms. The molecule has 0 fully saturated rings. The molecule has 4 nitrogen and oxygen atoms in total. The Morgan fingerprint density at radius 1 is 1.83 bits per heavy atom. The van der Waals surface area contributed by atoms with Gasteiger partial charge in [0.2, 0.25) is 0 Å². The summed E-state index contributed by atoms with van der Waals surface area (Å²) in [6.07, 6.45) is 3.52. The molecule has 1 heterocycles. The highest BCUT2D eigenvalue weighted by atomic mass is 15.3. The van der Waals surface area contributed by atoms with Gasteiger partial charge in [0.15, 0.2) is 0 Å². The van der Waals surface area contributed by atoms with Crippen LogP contribution in [0.15, 0.2) is 19.0 Å². The van der Waals surface area contributed by atoms with Crippen LogP contribution in [0.5, 0.6) is 0 Å². The first kappa shape index (κ1) is 8.93. The molecule has 1 atom stereocenters. The predicted molar refractivity (Wildman–Crippen MR) is 47.6 cm³/mol. The van der Waals surface area contributed by atoms with Gasteiger partial charge in [-0.1, -0.05) is 6.08 Å². The highest BCUT2D eigenvalue weighted by Gasteiger charge is 2.08. The molecule has 0 spiro atoms. The quantitative estimate of drug-likeness (QED) is 0.668. The minimum atomic E-state index is 0.218. The summed E-state index contributed by atoms with van der Waals surface area (Å²) in [4.78, 5) is 0. The Morgan fingerprint density at radius 3 is 3.08 bits per heavy atom. The number of aryl methyl sites for hydroxylation is 1. The molecule has 0 saturated heterocycles. The third-order valence-corrected chi connectivity index (χ3v) is 1.70. The van der Waals surface area contributed by atoms with Crippen molar-refractivity contribution in [3.05, 3.63) is 24.8 Å². The summed E-state index contributed by atoms with van der Waals surface area (Å²) >= 11 is 0. The highest BCUT2D eigenvalue weighted by molar-refractivity contribution is 4.92. The Balaban J connectivity index is 2.58. The maximum Gasteiger partial charge on any atom is 0.149 e. The third-order valence-electron chi connectivity index (χ3n) is 1.70. The Hall–Kier alpha value is -1.16. The number of hydrogen-bond acceptors (Lipinski definition) is 3. The van der Waals surface area contributed by atoms with Crippen LogP contribution in [0.2, 0.25) is 0 Å². The Kier molecular flexibility index (Phi) is 2.99. The van der Waals surface area contributed by atoms with E-state index < -0.39 is 0 Å². The lowest BCUT2D eigenvalue weighted by Gasteiger charge is -2.10. The van der Waals surface area contributed by atoms with Crippen molar-refractivity contribution in [2.24, 2.45) is 7.05 Å². The highest BCUT2D eigenvalue weighted by Crippen LogP contribution is 2.05. The van der Waals surface area contributed by atoms with Gasteiger partial charge in [0.1, 0.15) is 12.2 Å². The van der Waals surface area contributed by atoms with E-state index in [0.29, 0.717) is 0 Å². The van der Waals surface area contributed by atoms with Gasteiger partial charge in [0.25, 0.3) is 0 Å². The fraction of sp³-hybridized carbons (Fsp3) is 0.500. The number of nitrogens with one attached hydrogen (secondary N) is 1. The molecule has 0 radical (unpaired) electrons. The lowest BCUT2D eigenvalue weighted by molar-refractivity contribution is 0.559. The van der Waals surface area contributed by atoms with Crippen molar-refractivity contribution in [1.82, 2.24) is 20.1 Å². The zero-order valence-corrected chi connectivity index (χ0v) is 7.49. The molecule has 0 aliphatic carbocycles. The van der Waals surface area contributed by atoms with Crippen LogP contribution < -0.4 is 5.32 Å². The molecule has 0 aliphatic rings. The zero-order valence-electron chi connectivity index (χ0n) is 7.49. The second-order valence-corrected chi connectivity index (χ2v) is 2.72. The van der Waals surface area contributed by atoms with Crippen molar-refractivity contribution in [2.45, 2.75) is 13.0 Å². The SMILES string of the molecule is C=CCNC(C)c1nncn1C. The van der Waals surface area contributed by atoms with Crippen molar-refractivity contribution in [3.8, 4) is 0 Å². The number of hydrogen-bond donors (Lipinski definition) is 1. The standard InChI is InChI=1S/C8H14N4/c1-4-5-9-7(2)8-11-10-6-12(8)3/h4,6-7,9H,1,5H2,2-3H3. The fourth-order valence-corrected chi connectivity index (χ4v) is 1.04. The summed E-state index contributed by atoms with van der Waals surface area (Å²) in [5, 5.41) is 11.0. The molecule has 1 aromatic rings. The van der Waals surface area contributed by atoms with Gasteiger partial charge in [-0.3, -0.25) is 0 Å². The first-order valence-electron chi connectivity index (χ1n) is 3.94. The van der Waals surface area contributed by atoms with E-state index in [4.69, 9.17) is 0 Å². The van der Waals surface area contributed by atoms with Gasteiger partial charge in [-0.15, -0.1) is 16.8 Å². The lowest BCUT2D eigenvalue weighted by Crippen LogP contribution is -2.21. The smallest absolute Gasteiger partial charge is 0.149 e. The molecule has 0 aromatic carbocycles. The number of aromatic nitrogens is 3. The van der Waals surface area contributed by atoms with Gasteiger partial charge in [0, 0.05) is 13.6 Å². The first-order valence-corrected chi connectivity index (χ1v) is 3.94. The average Bonchev–Trinajstić information content (AvgIpc) is 2.47. The van der Waals surface area contributed by atoms with E-state index in [9.17, 15) is 0 Å². The minimum Gasteiger partial charge on any atom is -0.319 e. The molecule has 1 N–H and O–H groups in total. The lowest BCUT2D eigenvalue weighted by atomic mass is 10.3. The number of nitrogens with zero attached hydrogens (tertiary/aromatic N) is 3. The molecule has 0 amide bonds. The van der Waals surface area contributed by atoms with Crippen molar-refractivity contribution in [3.63, 3.8) is 0 Å². The van der Waals surface area contributed by atoms with Crippen molar-refractivity contribution < 1.29 is 0 Å². The predicted octanol–water partition coefficient (Wildman–Crippen LogP) is 0.652. The largest absolute Gasteiger partial charge is 0.319 e. The van der Waals surface area contributed by atoms with Crippen LogP contribution in [-0.4, -0.2) is 21.3 Å². The van der Waals surface area contributed by atoms with Crippen LogP contribution in [0.4, 0.5) is 0 Å². The van der Waals surface area contributed by atoms with Gasteiger partial charge in [0.05, 0.1) is 6.04 Å². The molecule has 0 saturated carbocycles. The van der Waals surface area contributed by atoms with Crippen LogP contribution in [0.1, 0.15) is 18.8 Å². The van der Waals surface area contributed by atoms with E-state index in [1.54, 1.807) is 6.33 Å². The second kappa shape index (κ2) is 4.01. The normalized spacial score (nSPS) is 12.8. The zero-order chi connectivity index (χ0) is 8.97. The molecule has 0 aliphatic heterocycles. The first-order chi connectivity index (χ1) is 5.75. The van der Waals surface area contributed by atoms with Crippen LogP contribution in [0.25, 0.3) is 0 Å². The molecule has 4 heteroatoms. The van der Waals surface area contributed by atoms with Gasteiger partial charge >= 0.3 is 0 Å².